The van der Waals surface area contributed by atoms with Gasteiger partial charge in [-0.15, -0.1) is 0 Å². The lowest BCUT2D eigenvalue weighted by molar-refractivity contribution is 0.0908. The topological polar surface area (TPSA) is 39.1 Å². The zero-order valence-corrected chi connectivity index (χ0v) is 12.0. The van der Waals surface area contributed by atoms with E-state index < -0.39 is 0 Å². The van der Waals surface area contributed by atoms with Gasteiger partial charge in [0.1, 0.15) is 0 Å². The third-order valence-electron chi connectivity index (χ3n) is 3.21. The molecule has 1 heterocycles. The molecule has 0 radical (unpaired) electrons. The maximum Gasteiger partial charge on any atom is 0.275 e. The van der Waals surface area contributed by atoms with Gasteiger partial charge in [-0.1, -0.05) is 44.7 Å². The van der Waals surface area contributed by atoms with Gasteiger partial charge in [0.2, 0.25) is 5.91 Å². The summed E-state index contributed by atoms with van der Waals surface area (Å²) in [5, 5.41) is 0.645. The highest BCUT2D eigenvalue weighted by molar-refractivity contribution is 7.14. The molecule has 0 fully saturated rings. The van der Waals surface area contributed by atoms with Crippen molar-refractivity contribution >= 4 is 27.5 Å². The maximum atomic E-state index is 12.1. The van der Waals surface area contributed by atoms with Crippen LogP contribution >= 0.6 is 11.5 Å². The molecular weight excluding hydrogens is 258 g/mol. The second-order valence-electron chi connectivity index (χ2n) is 4.74. The third kappa shape index (κ3) is 3.32. The zero-order valence-electron chi connectivity index (χ0n) is 11.2. The van der Waals surface area contributed by atoms with E-state index in [0.717, 1.165) is 17.5 Å². The molecule has 1 aromatic carbocycles. The van der Waals surface area contributed by atoms with Crippen LogP contribution in [0.2, 0.25) is 0 Å². The zero-order chi connectivity index (χ0) is 13.7. The number of hydrogen-bond donors (Lipinski definition) is 0. The SMILES string of the molecule is CCCCCCCC(=O)n1sc2ccccc2c1=O. The van der Waals surface area contributed by atoms with Crippen molar-refractivity contribution in [2.75, 3.05) is 0 Å². The Morgan fingerprint density at radius 2 is 1.89 bits per heavy atom. The molecule has 0 unspecified atom stereocenters. The fourth-order valence-corrected chi connectivity index (χ4v) is 3.08. The van der Waals surface area contributed by atoms with Gasteiger partial charge in [0.05, 0.1) is 10.1 Å². The normalized spacial score (nSPS) is 11.0. The van der Waals surface area contributed by atoms with E-state index in [0.29, 0.717) is 11.8 Å². The van der Waals surface area contributed by atoms with Crippen LogP contribution in [0.15, 0.2) is 29.1 Å². The minimum Gasteiger partial charge on any atom is -0.273 e. The summed E-state index contributed by atoms with van der Waals surface area (Å²) in [5.74, 6) is -0.0669. The van der Waals surface area contributed by atoms with E-state index in [9.17, 15) is 9.59 Å². The largest absolute Gasteiger partial charge is 0.275 e. The van der Waals surface area contributed by atoms with Crippen LogP contribution in [-0.2, 0) is 0 Å². The predicted octanol–water partition coefficient (Wildman–Crippen LogP) is 4.06. The number of rotatable bonds is 6. The van der Waals surface area contributed by atoms with Gasteiger partial charge in [0, 0.05) is 6.42 Å². The van der Waals surface area contributed by atoms with Crippen LogP contribution in [0.3, 0.4) is 0 Å². The number of hydrogen-bond acceptors (Lipinski definition) is 3. The highest BCUT2D eigenvalue weighted by Crippen LogP contribution is 2.16. The Morgan fingerprint density at radius 3 is 2.63 bits per heavy atom. The summed E-state index contributed by atoms with van der Waals surface area (Å²) in [5.41, 5.74) is -0.167. The summed E-state index contributed by atoms with van der Waals surface area (Å²) in [6.07, 6.45) is 6.00. The van der Waals surface area contributed by atoms with Gasteiger partial charge >= 0.3 is 0 Å². The van der Waals surface area contributed by atoms with Gasteiger partial charge in [-0.05, 0) is 30.1 Å². The van der Waals surface area contributed by atoms with Crippen molar-refractivity contribution in [1.82, 2.24) is 3.96 Å². The van der Waals surface area contributed by atoms with Gasteiger partial charge in [0.15, 0.2) is 0 Å². The van der Waals surface area contributed by atoms with E-state index in [1.54, 1.807) is 6.07 Å². The molecule has 4 heteroatoms. The molecule has 0 saturated heterocycles. The average Bonchev–Trinajstić information content (AvgIpc) is 2.76. The van der Waals surface area contributed by atoms with Crippen LogP contribution in [-0.4, -0.2) is 9.86 Å². The Bertz CT molecular complexity index is 612. The molecule has 2 rings (SSSR count). The monoisotopic (exact) mass is 277 g/mol. The first-order chi connectivity index (χ1) is 9.24. The first kappa shape index (κ1) is 14.0. The lowest BCUT2D eigenvalue weighted by Gasteiger charge is -2.00. The number of carbonyl (C=O) groups is 1. The van der Waals surface area contributed by atoms with E-state index in [-0.39, 0.29) is 11.5 Å². The fraction of sp³-hybridized carbons (Fsp3) is 0.467. The number of aromatic nitrogens is 1. The summed E-state index contributed by atoms with van der Waals surface area (Å²) in [6, 6.07) is 7.37. The van der Waals surface area contributed by atoms with Gasteiger partial charge < -0.3 is 0 Å². The first-order valence-corrected chi connectivity index (χ1v) is 7.65. The van der Waals surface area contributed by atoms with Gasteiger partial charge in [-0.25, -0.2) is 0 Å². The van der Waals surface area contributed by atoms with Crippen LogP contribution in [0, 0.1) is 0 Å². The molecule has 0 aliphatic heterocycles. The van der Waals surface area contributed by atoms with Crippen molar-refractivity contribution in [3.63, 3.8) is 0 Å². The maximum absolute atomic E-state index is 12.1. The molecular formula is C15H19NO2S. The molecule has 0 aliphatic carbocycles. The Hall–Kier alpha value is -1.42. The van der Waals surface area contributed by atoms with E-state index in [4.69, 9.17) is 0 Å². The molecule has 0 N–H and O–H groups in total. The van der Waals surface area contributed by atoms with Crippen LogP contribution in [0.5, 0.6) is 0 Å². The van der Waals surface area contributed by atoms with Gasteiger partial charge in [-0.3, -0.25) is 9.59 Å². The predicted molar refractivity (Wildman–Crippen MR) is 80.1 cm³/mol. The molecule has 0 amide bonds. The van der Waals surface area contributed by atoms with Crippen molar-refractivity contribution in [3.8, 4) is 0 Å². The number of benzene rings is 1. The average molecular weight is 277 g/mol. The number of nitrogens with zero attached hydrogens (tertiary/aromatic N) is 1. The summed E-state index contributed by atoms with van der Waals surface area (Å²) >= 11 is 1.25. The second-order valence-corrected chi connectivity index (χ2v) is 5.73. The highest BCUT2D eigenvalue weighted by atomic mass is 32.1. The molecule has 0 spiro atoms. The molecule has 3 nitrogen and oxygen atoms in total. The quantitative estimate of drug-likeness (QED) is 0.747. The standard InChI is InChI=1S/C15H19NO2S/c1-2-3-4-5-6-11-14(17)16-15(18)12-9-7-8-10-13(12)19-16/h7-10H,2-6,11H2,1H3. The number of unbranched alkanes of at least 4 members (excludes halogenated alkanes) is 4. The molecule has 102 valence electrons. The molecule has 2 aromatic rings. The lowest BCUT2D eigenvalue weighted by Crippen LogP contribution is -2.20. The summed E-state index contributed by atoms with van der Waals surface area (Å²) < 4.78 is 2.19. The molecule has 19 heavy (non-hydrogen) atoms. The lowest BCUT2D eigenvalue weighted by atomic mass is 10.1. The van der Waals surface area contributed by atoms with E-state index in [2.05, 4.69) is 6.92 Å². The van der Waals surface area contributed by atoms with Crippen molar-refractivity contribution in [1.29, 1.82) is 0 Å². The van der Waals surface area contributed by atoms with Gasteiger partial charge in [0.25, 0.3) is 5.56 Å². The van der Waals surface area contributed by atoms with E-state index >= 15 is 0 Å². The Morgan fingerprint density at radius 1 is 1.16 bits per heavy atom. The minimum absolute atomic E-state index is 0.0669. The van der Waals surface area contributed by atoms with E-state index in [1.165, 1.54) is 34.8 Å². The van der Waals surface area contributed by atoms with E-state index in [1.807, 2.05) is 18.2 Å². The molecule has 0 aliphatic rings. The Balaban J connectivity index is 2.01. The number of carbonyl (C=O) groups excluding carboxylic acids is 1. The summed E-state index contributed by atoms with van der Waals surface area (Å²) in [4.78, 5) is 24.1. The number of fused-ring (bicyclic) bond motifs is 1. The molecule has 0 atom stereocenters. The second kappa shape index (κ2) is 6.66. The highest BCUT2D eigenvalue weighted by Gasteiger charge is 2.12. The van der Waals surface area contributed by atoms with Crippen LogP contribution in [0.4, 0.5) is 0 Å². The van der Waals surface area contributed by atoms with Crippen LogP contribution < -0.4 is 5.56 Å². The smallest absolute Gasteiger partial charge is 0.273 e. The third-order valence-corrected chi connectivity index (χ3v) is 4.32. The van der Waals surface area contributed by atoms with Gasteiger partial charge in [-0.2, -0.15) is 3.96 Å². The summed E-state index contributed by atoms with van der Waals surface area (Å²) in [7, 11) is 0. The molecule has 0 saturated carbocycles. The Labute approximate surface area is 117 Å². The minimum atomic E-state index is -0.167. The summed E-state index contributed by atoms with van der Waals surface area (Å²) in [6.45, 7) is 2.17. The van der Waals surface area contributed by atoms with Crippen molar-refractivity contribution < 1.29 is 4.79 Å². The van der Waals surface area contributed by atoms with Crippen molar-refractivity contribution in [3.05, 3.63) is 34.6 Å². The van der Waals surface area contributed by atoms with Crippen molar-refractivity contribution in [2.45, 2.75) is 45.4 Å². The van der Waals surface area contributed by atoms with Crippen LogP contribution in [0.1, 0.15) is 50.2 Å². The van der Waals surface area contributed by atoms with Crippen molar-refractivity contribution in [2.24, 2.45) is 0 Å². The fourth-order valence-electron chi connectivity index (χ4n) is 2.12. The first-order valence-electron chi connectivity index (χ1n) is 6.88. The van der Waals surface area contributed by atoms with Crippen LogP contribution in [0.25, 0.3) is 10.1 Å². The Kier molecular flexibility index (Phi) is 4.91. The molecule has 0 bridgehead atoms. The molecule has 1 aromatic heterocycles.